The van der Waals surface area contributed by atoms with E-state index in [0.717, 1.165) is 57.8 Å². The molecule has 1 aromatic carbocycles. The van der Waals surface area contributed by atoms with Crippen molar-refractivity contribution in [2.45, 2.75) is 38.8 Å². The van der Waals surface area contributed by atoms with Crippen LogP contribution in [0.15, 0.2) is 24.3 Å². The lowest BCUT2D eigenvalue weighted by Gasteiger charge is -2.29. The van der Waals surface area contributed by atoms with E-state index in [0.29, 0.717) is 18.4 Å². The number of rotatable bonds is 5. The molecule has 1 unspecified atom stereocenters. The van der Waals surface area contributed by atoms with E-state index in [-0.39, 0.29) is 24.8 Å². The fraction of sp³-hybridized carbons (Fsp3) is 0.600. The molecular formula is C20H31Cl2N5O. The van der Waals surface area contributed by atoms with Gasteiger partial charge < -0.3 is 14.8 Å². The van der Waals surface area contributed by atoms with E-state index in [4.69, 9.17) is 4.98 Å². The monoisotopic (exact) mass is 427 g/mol. The molecular weight excluding hydrogens is 397 g/mol. The van der Waals surface area contributed by atoms with Gasteiger partial charge >= 0.3 is 0 Å². The second-order valence-corrected chi connectivity index (χ2v) is 7.28. The Morgan fingerprint density at radius 3 is 2.68 bits per heavy atom. The van der Waals surface area contributed by atoms with Crippen LogP contribution in [-0.2, 0) is 11.3 Å². The highest BCUT2D eigenvalue weighted by Gasteiger charge is 2.30. The minimum atomic E-state index is 0. The molecule has 2 aromatic rings. The minimum Gasteiger partial charge on any atom is -0.340 e. The van der Waals surface area contributed by atoms with Crippen LogP contribution >= 0.6 is 24.8 Å². The summed E-state index contributed by atoms with van der Waals surface area (Å²) < 4.78 is 2.34. The number of amides is 1. The van der Waals surface area contributed by atoms with Gasteiger partial charge in [0, 0.05) is 45.7 Å². The Kier molecular flexibility index (Phi) is 8.56. The molecule has 1 amide bonds. The number of nitrogens with zero attached hydrogens (tertiary/aromatic N) is 4. The lowest BCUT2D eigenvalue weighted by molar-refractivity contribution is -0.132. The molecule has 3 heterocycles. The summed E-state index contributed by atoms with van der Waals surface area (Å²) in [5, 5.41) is 3.31. The maximum Gasteiger partial charge on any atom is 0.223 e. The smallest absolute Gasteiger partial charge is 0.223 e. The van der Waals surface area contributed by atoms with Crippen molar-refractivity contribution in [1.82, 2.24) is 24.7 Å². The molecule has 2 aliphatic heterocycles. The van der Waals surface area contributed by atoms with Crippen LogP contribution in [0.3, 0.4) is 0 Å². The van der Waals surface area contributed by atoms with Gasteiger partial charge in [-0.15, -0.1) is 24.8 Å². The van der Waals surface area contributed by atoms with E-state index in [1.807, 2.05) is 4.90 Å². The fourth-order valence-electron chi connectivity index (χ4n) is 4.38. The van der Waals surface area contributed by atoms with Gasteiger partial charge in [0.15, 0.2) is 0 Å². The molecule has 2 aliphatic rings. The molecule has 6 nitrogen and oxygen atoms in total. The highest BCUT2D eigenvalue weighted by molar-refractivity contribution is 5.85. The summed E-state index contributed by atoms with van der Waals surface area (Å²) in [5.41, 5.74) is 2.29. The molecule has 0 radical (unpaired) electrons. The largest absolute Gasteiger partial charge is 0.340 e. The van der Waals surface area contributed by atoms with Crippen LogP contribution in [0.2, 0.25) is 0 Å². The molecule has 1 aromatic heterocycles. The number of likely N-dealkylation sites (tertiary alicyclic amines) is 1. The van der Waals surface area contributed by atoms with E-state index >= 15 is 0 Å². The third-order valence-corrected chi connectivity index (χ3v) is 5.74. The lowest BCUT2D eigenvalue weighted by atomic mass is 10.2. The number of hydrogen-bond acceptors (Lipinski definition) is 4. The van der Waals surface area contributed by atoms with E-state index in [2.05, 4.69) is 46.0 Å². The van der Waals surface area contributed by atoms with Gasteiger partial charge in [-0.25, -0.2) is 4.98 Å². The zero-order chi connectivity index (χ0) is 17.9. The summed E-state index contributed by atoms with van der Waals surface area (Å²) in [7, 11) is 0. The molecule has 0 aliphatic carbocycles. The molecule has 0 spiro atoms. The van der Waals surface area contributed by atoms with Gasteiger partial charge in [0.25, 0.3) is 0 Å². The first kappa shape index (κ1) is 22.9. The van der Waals surface area contributed by atoms with Gasteiger partial charge in [-0.3, -0.25) is 9.69 Å². The Balaban J connectivity index is 0.00000140. The maximum absolute atomic E-state index is 12.5. The summed E-state index contributed by atoms with van der Waals surface area (Å²) in [5.74, 6) is 1.46. The maximum atomic E-state index is 12.5. The van der Waals surface area contributed by atoms with Crippen molar-refractivity contribution in [2.24, 2.45) is 0 Å². The van der Waals surface area contributed by atoms with Crippen molar-refractivity contribution in [1.29, 1.82) is 0 Å². The Morgan fingerprint density at radius 1 is 1.18 bits per heavy atom. The topological polar surface area (TPSA) is 53.4 Å². The van der Waals surface area contributed by atoms with Crippen LogP contribution in [0, 0.1) is 0 Å². The number of para-hydroxylation sites is 2. The predicted molar refractivity (Wildman–Crippen MR) is 118 cm³/mol. The SMILES string of the molecule is CCn1c(C2CCCN2CCC(=O)N2CCNCC2)nc2ccccc21.Cl.Cl. The van der Waals surface area contributed by atoms with Gasteiger partial charge in [-0.05, 0) is 38.4 Å². The summed E-state index contributed by atoms with van der Waals surface area (Å²) in [4.78, 5) is 21.9. The number of aryl methyl sites for hydroxylation is 1. The molecule has 0 saturated carbocycles. The Hall–Kier alpha value is -1.34. The van der Waals surface area contributed by atoms with Gasteiger partial charge in [0.05, 0.1) is 17.1 Å². The molecule has 28 heavy (non-hydrogen) atoms. The number of aromatic nitrogens is 2. The number of carbonyl (C=O) groups excluding carboxylic acids is 1. The van der Waals surface area contributed by atoms with Crippen LogP contribution in [0.4, 0.5) is 0 Å². The van der Waals surface area contributed by atoms with Crippen molar-refractivity contribution >= 4 is 41.8 Å². The zero-order valence-electron chi connectivity index (χ0n) is 16.5. The van der Waals surface area contributed by atoms with Crippen LogP contribution in [0.25, 0.3) is 11.0 Å². The van der Waals surface area contributed by atoms with E-state index < -0.39 is 0 Å². The number of halogens is 2. The molecule has 0 bridgehead atoms. The van der Waals surface area contributed by atoms with Crippen molar-refractivity contribution in [3.63, 3.8) is 0 Å². The minimum absolute atomic E-state index is 0. The molecule has 156 valence electrons. The average molecular weight is 428 g/mol. The van der Waals surface area contributed by atoms with E-state index in [1.165, 1.54) is 17.8 Å². The quantitative estimate of drug-likeness (QED) is 0.796. The first-order valence-electron chi connectivity index (χ1n) is 9.95. The van der Waals surface area contributed by atoms with Crippen LogP contribution < -0.4 is 5.32 Å². The third kappa shape index (κ3) is 4.62. The number of carbonyl (C=O) groups is 1. The summed E-state index contributed by atoms with van der Waals surface area (Å²) >= 11 is 0. The second kappa shape index (κ2) is 10.4. The molecule has 2 saturated heterocycles. The second-order valence-electron chi connectivity index (χ2n) is 7.28. The summed E-state index contributed by atoms with van der Waals surface area (Å²) in [6, 6.07) is 8.72. The van der Waals surface area contributed by atoms with Gasteiger partial charge in [0.1, 0.15) is 5.82 Å². The number of fused-ring (bicyclic) bond motifs is 1. The Bertz CT molecular complexity index is 775. The normalized spacial score (nSPS) is 20.0. The first-order chi connectivity index (χ1) is 12.8. The average Bonchev–Trinajstić information content (AvgIpc) is 3.30. The molecule has 8 heteroatoms. The zero-order valence-corrected chi connectivity index (χ0v) is 18.1. The van der Waals surface area contributed by atoms with E-state index in [1.54, 1.807) is 0 Å². The number of imidazole rings is 1. The van der Waals surface area contributed by atoms with Crippen molar-refractivity contribution in [2.75, 3.05) is 39.3 Å². The van der Waals surface area contributed by atoms with Crippen molar-refractivity contribution in [3.05, 3.63) is 30.1 Å². The molecule has 2 fully saturated rings. The molecule has 4 rings (SSSR count). The van der Waals surface area contributed by atoms with Crippen molar-refractivity contribution < 1.29 is 4.79 Å². The van der Waals surface area contributed by atoms with Crippen LogP contribution in [-0.4, -0.2) is 64.5 Å². The highest BCUT2D eigenvalue weighted by Crippen LogP contribution is 2.33. The van der Waals surface area contributed by atoms with Crippen molar-refractivity contribution in [3.8, 4) is 0 Å². The Morgan fingerprint density at radius 2 is 1.93 bits per heavy atom. The highest BCUT2D eigenvalue weighted by atomic mass is 35.5. The van der Waals surface area contributed by atoms with Gasteiger partial charge in [-0.1, -0.05) is 12.1 Å². The van der Waals surface area contributed by atoms with Gasteiger partial charge in [0.2, 0.25) is 5.91 Å². The number of nitrogens with one attached hydrogen (secondary N) is 1. The van der Waals surface area contributed by atoms with Gasteiger partial charge in [-0.2, -0.15) is 0 Å². The lowest BCUT2D eigenvalue weighted by Crippen LogP contribution is -2.47. The van der Waals surface area contributed by atoms with Crippen LogP contribution in [0.5, 0.6) is 0 Å². The Labute approximate surface area is 179 Å². The van der Waals surface area contributed by atoms with Crippen LogP contribution in [0.1, 0.15) is 38.1 Å². The molecule has 1 N–H and O–H groups in total. The summed E-state index contributed by atoms with van der Waals surface area (Å²) in [6.07, 6.45) is 2.92. The number of hydrogen-bond donors (Lipinski definition) is 1. The number of benzene rings is 1. The van der Waals surface area contributed by atoms with E-state index in [9.17, 15) is 4.79 Å². The predicted octanol–water partition coefficient (Wildman–Crippen LogP) is 2.86. The number of piperazine rings is 1. The molecule has 1 atom stereocenters. The fourth-order valence-corrected chi connectivity index (χ4v) is 4.38. The standard InChI is InChI=1S/C20H29N5O.2ClH/c1-2-25-17-7-4-3-6-16(17)22-20(25)18-8-5-12-23(18)13-9-19(26)24-14-10-21-11-15-24;;/h3-4,6-7,18,21H,2,5,8-15H2,1H3;2*1H. The first-order valence-corrected chi connectivity index (χ1v) is 9.95. The summed E-state index contributed by atoms with van der Waals surface area (Å²) in [6.45, 7) is 8.52. The third-order valence-electron chi connectivity index (χ3n) is 5.74.